The second-order valence-electron chi connectivity index (χ2n) is 7.63. The maximum absolute atomic E-state index is 12.1. The van der Waals surface area contributed by atoms with Crippen molar-refractivity contribution in [2.75, 3.05) is 21.3 Å². The molecule has 1 fully saturated rings. The minimum absolute atomic E-state index is 0.0335. The third-order valence-electron chi connectivity index (χ3n) is 5.04. The van der Waals surface area contributed by atoms with Crippen LogP contribution >= 0.6 is 0 Å². The summed E-state index contributed by atoms with van der Waals surface area (Å²) < 4.78 is 44.2. The van der Waals surface area contributed by atoms with Gasteiger partial charge in [-0.05, 0) is 6.92 Å². The van der Waals surface area contributed by atoms with Crippen molar-refractivity contribution in [2.24, 2.45) is 0 Å². The zero-order valence-electron chi connectivity index (χ0n) is 20.9. The van der Waals surface area contributed by atoms with Gasteiger partial charge in [-0.3, -0.25) is 19.2 Å². The molecule has 0 unspecified atom stereocenters. The quantitative estimate of drug-likeness (QED) is 0.293. The highest BCUT2D eigenvalue weighted by molar-refractivity contribution is 5.73. The highest BCUT2D eigenvalue weighted by Crippen LogP contribution is 2.51. The first-order chi connectivity index (χ1) is 16.4. The van der Waals surface area contributed by atoms with Crippen molar-refractivity contribution in [3.05, 3.63) is 11.6 Å². The van der Waals surface area contributed by atoms with Crippen LogP contribution in [0.5, 0.6) is 23.0 Å². The van der Waals surface area contributed by atoms with E-state index in [1.807, 2.05) is 0 Å². The topological polar surface area (TPSA) is 142 Å². The van der Waals surface area contributed by atoms with Gasteiger partial charge in [0.05, 0.1) is 33.0 Å². The molecule has 1 heterocycles. The van der Waals surface area contributed by atoms with Crippen molar-refractivity contribution < 1.29 is 57.1 Å². The molecule has 0 bridgehead atoms. The van der Waals surface area contributed by atoms with Gasteiger partial charge in [0.25, 0.3) is 0 Å². The molecule has 1 aliphatic heterocycles. The Morgan fingerprint density at radius 2 is 1.20 bits per heavy atom. The van der Waals surface area contributed by atoms with Crippen molar-refractivity contribution in [1.82, 2.24) is 0 Å². The van der Waals surface area contributed by atoms with E-state index in [9.17, 15) is 19.2 Å². The van der Waals surface area contributed by atoms with Crippen molar-refractivity contribution in [1.29, 1.82) is 0 Å². The predicted octanol–water partition coefficient (Wildman–Crippen LogP) is 1.89. The minimum Gasteiger partial charge on any atom is -0.493 e. The van der Waals surface area contributed by atoms with Gasteiger partial charge in [0.2, 0.25) is 5.75 Å². The van der Waals surface area contributed by atoms with Crippen molar-refractivity contribution in [2.45, 2.75) is 65.1 Å². The largest absolute Gasteiger partial charge is 0.493 e. The molecule has 12 nitrogen and oxygen atoms in total. The first-order valence-electron chi connectivity index (χ1n) is 10.6. The van der Waals surface area contributed by atoms with Crippen molar-refractivity contribution in [3.8, 4) is 23.0 Å². The average Bonchev–Trinajstić information content (AvgIpc) is 2.75. The molecule has 1 aliphatic rings. The van der Waals surface area contributed by atoms with Gasteiger partial charge in [-0.15, -0.1) is 0 Å². The van der Waals surface area contributed by atoms with Gasteiger partial charge >= 0.3 is 23.9 Å². The Hall–Kier alpha value is -3.54. The summed E-state index contributed by atoms with van der Waals surface area (Å²) in [6.45, 7) is 6.27. The lowest BCUT2D eigenvalue weighted by Crippen LogP contribution is -2.57. The molecule has 0 saturated carbocycles. The first-order valence-corrected chi connectivity index (χ1v) is 10.6. The Morgan fingerprint density at radius 1 is 0.686 bits per heavy atom. The Kier molecular flexibility index (Phi) is 9.29. The zero-order valence-corrected chi connectivity index (χ0v) is 20.9. The smallest absolute Gasteiger partial charge is 0.308 e. The normalized spacial score (nSPS) is 23.5. The van der Waals surface area contributed by atoms with E-state index in [1.165, 1.54) is 41.2 Å². The number of carbonyl (C=O) groups excluding carboxylic acids is 4. The summed E-state index contributed by atoms with van der Waals surface area (Å²) in [5.74, 6) is -2.41. The summed E-state index contributed by atoms with van der Waals surface area (Å²) in [5.41, 5.74) is 0.122. The lowest BCUT2D eigenvalue weighted by molar-refractivity contribution is -0.245. The highest BCUT2D eigenvalue weighted by Gasteiger charge is 2.52. The molecule has 0 spiro atoms. The van der Waals surface area contributed by atoms with Gasteiger partial charge in [-0.25, -0.2) is 0 Å². The van der Waals surface area contributed by atoms with E-state index in [2.05, 4.69) is 0 Å². The predicted molar refractivity (Wildman–Crippen MR) is 117 cm³/mol. The Bertz CT molecular complexity index is 972. The number of rotatable bonds is 8. The highest BCUT2D eigenvalue weighted by atomic mass is 16.6. The van der Waals surface area contributed by atoms with Crippen LogP contribution in [0.25, 0.3) is 0 Å². The second kappa shape index (κ2) is 11.7. The molecule has 0 amide bonds. The lowest BCUT2D eigenvalue weighted by atomic mass is 9.89. The Morgan fingerprint density at radius 3 is 1.66 bits per heavy atom. The number of methoxy groups -OCH3 is 3. The van der Waals surface area contributed by atoms with Crippen LogP contribution in [-0.2, 0) is 38.1 Å². The SMILES string of the molecule is COc1cc(OC(C)=O)c([C@H]2O[C@@H](C)[C@@H](OC(C)=O)[C@@H](OC(C)=O)[C@@H]2OC(C)=O)c(OC)c1OC. The van der Waals surface area contributed by atoms with E-state index in [4.69, 9.17) is 37.9 Å². The van der Waals surface area contributed by atoms with Gasteiger partial charge in [-0.1, -0.05) is 0 Å². The van der Waals surface area contributed by atoms with Crippen LogP contribution < -0.4 is 18.9 Å². The van der Waals surface area contributed by atoms with Gasteiger partial charge in [0, 0.05) is 33.8 Å². The molecule has 0 aromatic heterocycles. The van der Waals surface area contributed by atoms with Gasteiger partial charge in [-0.2, -0.15) is 0 Å². The number of ether oxygens (including phenoxy) is 8. The number of hydrogen-bond acceptors (Lipinski definition) is 12. The van der Waals surface area contributed by atoms with E-state index in [0.717, 1.165) is 13.8 Å². The molecule has 1 aromatic carbocycles. The summed E-state index contributed by atoms with van der Waals surface area (Å²) in [5, 5.41) is 0. The summed E-state index contributed by atoms with van der Waals surface area (Å²) in [4.78, 5) is 47.7. The standard InChI is InChI=1S/C23H30O12/c1-10-18(33-12(3)25)22(34-13(4)26)23(35-14(5)27)21(31-10)17-15(32-11(2)24)9-16(28-6)19(29-7)20(17)30-8/h9-10,18,21-23H,1-8H3/t10-,18+,21+,22+,23+/m0/s1. The number of esters is 4. The fraction of sp³-hybridized carbons (Fsp3) is 0.565. The summed E-state index contributed by atoms with van der Waals surface area (Å²) >= 11 is 0. The fourth-order valence-corrected chi connectivity index (χ4v) is 3.91. The minimum atomic E-state index is -1.33. The lowest BCUT2D eigenvalue weighted by Gasteiger charge is -2.44. The molecule has 0 aliphatic carbocycles. The van der Waals surface area contributed by atoms with Crippen LogP contribution in [0.1, 0.15) is 46.3 Å². The van der Waals surface area contributed by atoms with E-state index in [1.54, 1.807) is 6.92 Å². The fourth-order valence-electron chi connectivity index (χ4n) is 3.91. The zero-order chi connectivity index (χ0) is 26.4. The van der Waals surface area contributed by atoms with Crippen LogP contribution in [0.4, 0.5) is 0 Å². The van der Waals surface area contributed by atoms with Crippen LogP contribution in [0, 0.1) is 0 Å². The van der Waals surface area contributed by atoms with Crippen LogP contribution in [0.2, 0.25) is 0 Å². The molecular formula is C23H30O12. The molecule has 1 saturated heterocycles. The first kappa shape index (κ1) is 27.7. The molecule has 5 atom stereocenters. The van der Waals surface area contributed by atoms with Gasteiger partial charge in [0.1, 0.15) is 11.9 Å². The summed E-state index contributed by atoms with van der Waals surface area (Å²) in [6, 6.07) is 1.38. The van der Waals surface area contributed by atoms with Crippen LogP contribution in [0.15, 0.2) is 6.07 Å². The Balaban J connectivity index is 2.83. The molecule has 2 rings (SSSR count). The van der Waals surface area contributed by atoms with Crippen LogP contribution in [0.3, 0.4) is 0 Å². The molecule has 0 radical (unpaired) electrons. The third-order valence-corrected chi connectivity index (χ3v) is 5.04. The summed E-state index contributed by atoms with van der Waals surface area (Å²) in [6.07, 6.45) is -5.78. The monoisotopic (exact) mass is 498 g/mol. The van der Waals surface area contributed by atoms with E-state index in [-0.39, 0.29) is 28.6 Å². The van der Waals surface area contributed by atoms with E-state index >= 15 is 0 Å². The van der Waals surface area contributed by atoms with E-state index < -0.39 is 54.4 Å². The Labute approximate surface area is 202 Å². The van der Waals surface area contributed by atoms with Crippen molar-refractivity contribution in [3.63, 3.8) is 0 Å². The van der Waals surface area contributed by atoms with Gasteiger partial charge < -0.3 is 37.9 Å². The van der Waals surface area contributed by atoms with Crippen LogP contribution in [-0.4, -0.2) is 69.6 Å². The number of carbonyl (C=O) groups is 4. The molecule has 1 aromatic rings. The molecule has 0 N–H and O–H groups in total. The van der Waals surface area contributed by atoms with Gasteiger partial charge in [0.15, 0.2) is 29.8 Å². The second-order valence-corrected chi connectivity index (χ2v) is 7.63. The third kappa shape index (κ3) is 6.32. The maximum Gasteiger partial charge on any atom is 0.308 e. The molecule has 194 valence electrons. The van der Waals surface area contributed by atoms with Crippen molar-refractivity contribution >= 4 is 23.9 Å². The number of hydrogen-bond donors (Lipinski definition) is 0. The molecule has 12 heteroatoms. The maximum atomic E-state index is 12.1. The average molecular weight is 498 g/mol. The molecule has 35 heavy (non-hydrogen) atoms. The van der Waals surface area contributed by atoms with E-state index in [0.29, 0.717) is 0 Å². The number of benzene rings is 1. The molecular weight excluding hydrogens is 468 g/mol. The summed E-state index contributed by atoms with van der Waals surface area (Å²) in [7, 11) is 4.11.